The highest BCUT2D eigenvalue weighted by molar-refractivity contribution is 5.70. The summed E-state index contributed by atoms with van der Waals surface area (Å²) in [6.07, 6.45) is 1.33. The number of hydrogen-bond acceptors (Lipinski definition) is 5. The summed E-state index contributed by atoms with van der Waals surface area (Å²) >= 11 is 0. The standard InChI is InChI=1S/C16H19N3O3/c1-11-4-2-3-5-12(11)8-14-17-15(22-18-14)10-19-7-6-13(9-19)16(20)21/h2-5,13H,6-10H2,1H3,(H,20,21). The van der Waals surface area contributed by atoms with Crippen LogP contribution < -0.4 is 0 Å². The third-order valence-electron chi connectivity index (χ3n) is 4.10. The van der Waals surface area contributed by atoms with Crippen molar-refractivity contribution in [2.24, 2.45) is 5.92 Å². The Morgan fingerprint density at radius 3 is 3.00 bits per heavy atom. The van der Waals surface area contributed by atoms with Crippen molar-refractivity contribution in [3.05, 3.63) is 47.1 Å². The van der Waals surface area contributed by atoms with Crippen molar-refractivity contribution >= 4 is 5.97 Å². The van der Waals surface area contributed by atoms with Gasteiger partial charge in [-0.1, -0.05) is 29.4 Å². The molecule has 1 saturated heterocycles. The molecule has 3 rings (SSSR count). The number of rotatable bonds is 5. The lowest BCUT2D eigenvalue weighted by Crippen LogP contribution is -2.22. The molecule has 2 aromatic rings. The number of carbonyl (C=O) groups is 1. The molecule has 0 aliphatic carbocycles. The van der Waals surface area contributed by atoms with E-state index in [4.69, 9.17) is 9.63 Å². The van der Waals surface area contributed by atoms with Crippen LogP contribution in [0.25, 0.3) is 0 Å². The molecule has 1 N–H and O–H groups in total. The van der Waals surface area contributed by atoms with E-state index >= 15 is 0 Å². The summed E-state index contributed by atoms with van der Waals surface area (Å²) in [6.45, 7) is 3.88. The fraction of sp³-hybridized carbons (Fsp3) is 0.438. The van der Waals surface area contributed by atoms with Crippen molar-refractivity contribution < 1.29 is 14.4 Å². The second kappa shape index (κ2) is 6.27. The Kier molecular flexibility index (Phi) is 4.20. The van der Waals surface area contributed by atoms with E-state index in [1.54, 1.807) is 0 Å². The lowest BCUT2D eigenvalue weighted by molar-refractivity contribution is -0.141. The lowest BCUT2D eigenvalue weighted by atomic mass is 10.1. The lowest BCUT2D eigenvalue weighted by Gasteiger charge is -2.11. The summed E-state index contributed by atoms with van der Waals surface area (Å²) < 4.78 is 5.28. The van der Waals surface area contributed by atoms with Gasteiger partial charge in [0, 0.05) is 13.0 Å². The summed E-state index contributed by atoms with van der Waals surface area (Å²) in [5, 5.41) is 13.0. The van der Waals surface area contributed by atoms with Gasteiger partial charge >= 0.3 is 5.97 Å². The van der Waals surface area contributed by atoms with E-state index in [0.29, 0.717) is 37.6 Å². The summed E-state index contributed by atoms with van der Waals surface area (Å²) in [4.78, 5) is 17.4. The van der Waals surface area contributed by atoms with E-state index in [0.717, 1.165) is 6.54 Å². The highest BCUT2D eigenvalue weighted by Crippen LogP contribution is 2.18. The van der Waals surface area contributed by atoms with Crippen LogP contribution in [0.15, 0.2) is 28.8 Å². The van der Waals surface area contributed by atoms with E-state index in [2.05, 4.69) is 29.2 Å². The number of aromatic nitrogens is 2. The number of hydrogen-bond donors (Lipinski definition) is 1. The minimum absolute atomic E-state index is 0.283. The molecule has 0 bridgehead atoms. The molecule has 6 heteroatoms. The number of carboxylic acid groups (broad SMARTS) is 1. The predicted octanol–water partition coefficient (Wildman–Crippen LogP) is 1.88. The number of benzene rings is 1. The summed E-state index contributed by atoms with van der Waals surface area (Å²) in [5.41, 5.74) is 2.39. The van der Waals surface area contributed by atoms with Crippen LogP contribution in [0.3, 0.4) is 0 Å². The molecule has 1 aromatic heterocycles. The summed E-state index contributed by atoms with van der Waals surface area (Å²) in [7, 11) is 0. The SMILES string of the molecule is Cc1ccccc1Cc1noc(CN2CCC(C(=O)O)C2)n1. The zero-order valence-corrected chi connectivity index (χ0v) is 12.5. The van der Waals surface area contributed by atoms with Crippen molar-refractivity contribution in [2.45, 2.75) is 26.3 Å². The quantitative estimate of drug-likeness (QED) is 0.908. The molecular weight excluding hydrogens is 282 g/mol. The van der Waals surface area contributed by atoms with E-state index in [1.807, 2.05) is 17.0 Å². The maximum absolute atomic E-state index is 11.0. The second-order valence-corrected chi connectivity index (χ2v) is 5.77. The van der Waals surface area contributed by atoms with E-state index in [1.165, 1.54) is 11.1 Å². The molecular formula is C16H19N3O3. The van der Waals surface area contributed by atoms with Gasteiger partial charge < -0.3 is 9.63 Å². The van der Waals surface area contributed by atoms with Gasteiger partial charge in [-0.15, -0.1) is 0 Å². The fourth-order valence-corrected chi connectivity index (χ4v) is 2.77. The van der Waals surface area contributed by atoms with Gasteiger partial charge in [0.25, 0.3) is 0 Å². The predicted molar refractivity (Wildman–Crippen MR) is 79.3 cm³/mol. The fourth-order valence-electron chi connectivity index (χ4n) is 2.77. The van der Waals surface area contributed by atoms with Gasteiger partial charge in [0.2, 0.25) is 5.89 Å². The van der Waals surface area contributed by atoms with Crippen LogP contribution in [-0.4, -0.2) is 39.2 Å². The molecule has 0 radical (unpaired) electrons. The van der Waals surface area contributed by atoms with Crippen LogP contribution in [-0.2, 0) is 17.8 Å². The highest BCUT2D eigenvalue weighted by Gasteiger charge is 2.28. The molecule has 1 aliphatic rings. The molecule has 22 heavy (non-hydrogen) atoms. The van der Waals surface area contributed by atoms with Crippen LogP contribution in [0.5, 0.6) is 0 Å². The average molecular weight is 301 g/mol. The normalized spacial score (nSPS) is 18.7. The van der Waals surface area contributed by atoms with Crippen molar-refractivity contribution in [2.75, 3.05) is 13.1 Å². The third kappa shape index (κ3) is 3.33. The molecule has 0 spiro atoms. The molecule has 1 aliphatic heterocycles. The minimum Gasteiger partial charge on any atom is -0.481 e. The van der Waals surface area contributed by atoms with Crippen molar-refractivity contribution in [3.63, 3.8) is 0 Å². The summed E-state index contributed by atoms with van der Waals surface area (Å²) in [6, 6.07) is 8.13. The Labute approximate surface area is 128 Å². The number of aliphatic carboxylic acids is 1. The average Bonchev–Trinajstić information content (AvgIpc) is 3.12. The highest BCUT2D eigenvalue weighted by atomic mass is 16.5. The van der Waals surface area contributed by atoms with Gasteiger partial charge in [0.05, 0.1) is 12.5 Å². The Morgan fingerprint density at radius 1 is 1.45 bits per heavy atom. The first kappa shape index (κ1) is 14.7. The number of nitrogens with zero attached hydrogens (tertiary/aromatic N) is 3. The number of likely N-dealkylation sites (tertiary alicyclic amines) is 1. The molecule has 2 heterocycles. The molecule has 1 atom stereocenters. The zero-order chi connectivity index (χ0) is 15.5. The molecule has 116 valence electrons. The van der Waals surface area contributed by atoms with Gasteiger partial charge in [0.15, 0.2) is 5.82 Å². The van der Waals surface area contributed by atoms with Crippen molar-refractivity contribution in [1.82, 2.24) is 15.0 Å². The van der Waals surface area contributed by atoms with Crippen LogP contribution in [0.2, 0.25) is 0 Å². The molecule has 1 unspecified atom stereocenters. The Bertz CT molecular complexity index is 668. The molecule has 1 aromatic carbocycles. The van der Waals surface area contributed by atoms with Gasteiger partial charge in [-0.3, -0.25) is 9.69 Å². The van der Waals surface area contributed by atoms with Crippen molar-refractivity contribution in [3.8, 4) is 0 Å². The second-order valence-electron chi connectivity index (χ2n) is 5.77. The molecule has 0 saturated carbocycles. The van der Waals surface area contributed by atoms with Gasteiger partial charge in [-0.05, 0) is 31.0 Å². The largest absolute Gasteiger partial charge is 0.481 e. The summed E-state index contributed by atoms with van der Waals surface area (Å²) in [5.74, 6) is 0.204. The molecule has 1 fully saturated rings. The smallest absolute Gasteiger partial charge is 0.307 e. The number of carboxylic acids is 1. The number of aryl methyl sites for hydroxylation is 1. The van der Waals surface area contributed by atoms with Crippen LogP contribution in [0.1, 0.15) is 29.3 Å². The minimum atomic E-state index is -0.728. The first-order valence-corrected chi connectivity index (χ1v) is 7.43. The van der Waals surface area contributed by atoms with Gasteiger partial charge in [-0.25, -0.2) is 0 Å². The Morgan fingerprint density at radius 2 is 2.27 bits per heavy atom. The first-order valence-electron chi connectivity index (χ1n) is 7.43. The molecule has 0 amide bonds. The van der Waals surface area contributed by atoms with E-state index in [-0.39, 0.29) is 5.92 Å². The topological polar surface area (TPSA) is 79.5 Å². The maximum atomic E-state index is 11.0. The maximum Gasteiger partial charge on any atom is 0.307 e. The first-order chi connectivity index (χ1) is 10.6. The van der Waals surface area contributed by atoms with Crippen molar-refractivity contribution in [1.29, 1.82) is 0 Å². The Balaban J connectivity index is 1.60. The van der Waals surface area contributed by atoms with Crippen LogP contribution in [0.4, 0.5) is 0 Å². The van der Waals surface area contributed by atoms with E-state index < -0.39 is 5.97 Å². The Hall–Kier alpha value is -2.21. The third-order valence-corrected chi connectivity index (χ3v) is 4.10. The monoisotopic (exact) mass is 301 g/mol. The van der Waals surface area contributed by atoms with Crippen LogP contribution >= 0.6 is 0 Å². The molecule has 6 nitrogen and oxygen atoms in total. The zero-order valence-electron chi connectivity index (χ0n) is 12.5. The van der Waals surface area contributed by atoms with E-state index in [9.17, 15) is 4.79 Å². The van der Waals surface area contributed by atoms with Gasteiger partial charge in [-0.2, -0.15) is 4.98 Å². The van der Waals surface area contributed by atoms with Crippen LogP contribution in [0, 0.1) is 12.8 Å². The van der Waals surface area contributed by atoms with Gasteiger partial charge in [0.1, 0.15) is 0 Å².